The fourth-order valence-electron chi connectivity index (χ4n) is 4.43. The Balaban J connectivity index is 1.36. The lowest BCUT2D eigenvalue weighted by atomic mass is 9.84. The Morgan fingerprint density at radius 2 is 1.62 bits per heavy atom. The second-order valence-electron chi connectivity index (χ2n) is 7.58. The molecule has 0 unspecified atom stereocenters. The molecule has 2 atom stereocenters. The number of hydrogen-bond donors (Lipinski definition) is 1. The van der Waals surface area contributed by atoms with Gasteiger partial charge in [0.1, 0.15) is 5.78 Å². The lowest BCUT2D eigenvalue weighted by Crippen LogP contribution is -2.48. The SMILES string of the molecule is O=C1C[C@H](CCN2C(=O)c3ccccc3C2=O)O[C@]2(C1)C(=O)Nc1ccccc12. The van der Waals surface area contributed by atoms with Gasteiger partial charge in [-0.25, -0.2) is 0 Å². The molecule has 3 heterocycles. The molecule has 3 amide bonds. The van der Waals surface area contributed by atoms with Gasteiger partial charge >= 0.3 is 0 Å². The van der Waals surface area contributed by atoms with Crippen LogP contribution in [0.25, 0.3) is 0 Å². The third-order valence-corrected chi connectivity index (χ3v) is 5.80. The quantitative estimate of drug-likeness (QED) is 0.812. The number of anilines is 1. The highest BCUT2D eigenvalue weighted by molar-refractivity contribution is 6.21. The van der Waals surface area contributed by atoms with E-state index in [2.05, 4.69) is 5.32 Å². The molecular formula is C22H18N2O5. The molecule has 3 aliphatic rings. The molecule has 0 aromatic heterocycles. The van der Waals surface area contributed by atoms with Crippen molar-refractivity contribution in [2.75, 3.05) is 11.9 Å². The topological polar surface area (TPSA) is 92.8 Å². The van der Waals surface area contributed by atoms with Crippen LogP contribution in [0.5, 0.6) is 0 Å². The van der Waals surface area contributed by atoms with Crippen molar-refractivity contribution < 1.29 is 23.9 Å². The second-order valence-corrected chi connectivity index (χ2v) is 7.58. The van der Waals surface area contributed by atoms with Crippen LogP contribution in [0.1, 0.15) is 45.5 Å². The first-order chi connectivity index (χ1) is 14.0. The highest BCUT2D eigenvalue weighted by atomic mass is 16.5. The minimum atomic E-state index is -1.33. The molecule has 1 saturated heterocycles. The number of fused-ring (bicyclic) bond motifs is 3. The molecular weight excluding hydrogens is 372 g/mol. The molecule has 0 saturated carbocycles. The maximum atomic E-state index is 12.7. The van der Waals surface area contributed by atoms with E-state index in [0.29, 0.717) is 22.4 Å². The van der Waals surface area contributed by atoms with Crippen LogP contribution in [0.4, 0.5) is 5.69 Å². The number of nitrogens with one attached hydrogen (secondary N) is 1. The van der Waals surface area contributed by atoms with E-state index in [4.69, 9.17) is 4.74 Å². The maximum Gasteiger partial charge on any atom is 0.261 e. The van der Waals surface area contributed by atoms with Gasteiger partial charge in [-0.1, -0.05) is 30.3 Å². The molecule has 29 heavy (non-hydrogen) atoms. The number of carbonyl (C=O) groups is 4. The van der Waals surface area contributed by atoms with Crippen LogP contribution in [-0.2, 0) is 19.9 Å². The molecule has 1 spiro atoms. The standard InChI is InChI=1S/C22H18N2O5/c25-13-11-14(9-10-24-19(26)15-5-1-2-6-16(15)20(24)27)29-22(12-13)17-7-3-4-8-18(17)23-21(22)28/h1-8,14H,9-12H2,(H,23,28)/t14-,22-/m0/s1. The van der Waals surface area contributed by atoms with Crippen molar-refractivity contribution in [3.05, 3.63) is 65.2 Å². The van der Waals surface area contributed by atoms with Crippen molar-refractivity contribution in [2.24, 2.45) is 0 Å². The number of carbonyl (C=O) groups excluding carboxylic acids is 4. The van der Waals surface area contributed by atoms with Crippen molar-refractivity contribution >= 4 is 29.2 Å². The molecule has 0 bridgehead atoms. The van der Waals surface area contributed by atoms with E-state index in [9.17, 15) is 19.2 Å². The first kappa shape index (κ1) is 17.8. The van der Waals surface area contributed by atoms with Crippen molar-refractivity contribution in [1.29, 1.82) is 0 Å². The summed E-state index contributed by atoms with van der Waals surface area (Å²) in [6.07, 6.45) is -0.133. The number of ketones is 1. The highest BCUT2D eigenvalue weighted by Gasteiger charge is 2.53. The van der Waals surface area contributed by atoms with Crippen LogP contribution >= 0.6 is 0 Å². The fourth-order valence-corrected chi connectivity index (χ4v) is 4.43. The number of Topliss-reactive ketones (excluding diaryl/α,β-unsaturated/α-hetero) is 1. The van der Waals surface area contributed by atoms with Gasteiger partial charge in [-0.15, -0.1) is 0 Å². The summed E-state index contributed by atoms with van der Waals surface area (Å²) in [5.74, 6) is -1.11. The van der Waals surface area contributed by atoms with E-state index in [-0.39, 0.29) is 49.3 Å². The Morgan fingerprint density at radius 3 is 2.34 bits per heavy atom. The monoisotopic (exact) mass is 390 g/mol. The van der Waals surface area contributed by atoms with Crippen LogP contribution in [0, 0.1) is 0 Å². The summed E-state index contributed by atoms with van der Waals surface area (Å²) in [7, 11) is 0. The number of nitrogens with zero attached hydrogens (tertiary/aromatic N) is 1. The second kappa shape index (κ2) is 6.35. The van der Waals surface area contributed by atoms with Gasteiger partial charge in [0, 0.05) is 30.6 Å². The summed E-state index contributed by atoms with van der Waals surface area (Å²) < 4.78 is 6.17. The van der Waals surface area contributed by atoms with E-state index in [1.54, 1.807) is 42.5 Å². The number of benzene rings is 2. The zero-order valence-corrected chi connectivity index (χ0v) is 15.5. The summed E-state index contributed by atoms with van der Waals surface area (Å²) in [4.78, 5) is 51.5. The minimum absolute atomic E-state index is 0.0145. The molecule has 7 nitrogen and oxygen atoms in total. The molecule has 7 heteroatoms. The van der Waals surface area contributed by atoms with Gasteiger partial charge in [0.15, 0.2) is 5.60 Å². The van der Waals surface area contributed by atoms with E-state index < -0.39 is 11.7 Å². The average molecular weight is 390 g/mol. The third-order valence-electron chi connectivity index (χ3n) is 5.80. The summed E-state index contributed by atoms with van der Waals surface area (Å²) in [6.45, 7) is 0.129. The van der Waals surface area contributed by atoms with Gasteiger partial charge in [0.05, 0.1) is 17.2 Å². The van der Waals surface area contributed by atoms with Gasteiger partial charge in [-0.3, -0.25) is 24.1 Å². The number of ether oxygens (including phenoxy) is 1. The molecule has 0 radical (unpaired) electrons. The summed E-state index contributed by atoms with van der Waals surface area (Å²) in [5.41, 5.74) is 0.742. The predicted molar refractivity (Wildman–Crippen MR) is 102 cm³/mol. The normalized spacial score (nSPS) is 25.4. The predicted octanol–water partition coefficient (Wildman–Crippen LogP) is 2.27. The van der Waals surface area contributed by atoms with Gasteiger partial charge in [-0.2, -0.15) is 0 Å². The van der Waals surface area contributed by atoms with Gasteiger partial charge in [-0.05, 0) is 24.6 Å². The Hall–Kier alpha value is -3.32. The Labute approximate surface area is 166 Å². The molecule has 0 aliphatic carbocycles. The largest absolute Gasteiger partial charge is 0.356 e. The number of hydrogen-bond acceptors (Lipinski definition) is 5. The summed E-state index contributed by atoms with van der Waals surface area (Å²) in [5, 5.41) is 2.79. The van der Waals surface area contributed by atoms with Crippen LogP contribution in [0.2, 0.25) is 0 Å². The van der Waals surface area contributed by atoms with E-state index >= 15 is 0 Å². The van der Waals surface area contributed by atoms with Crippen LogP contribution < -0.4 is 5.32 Å². The van der Waals surface area contributed by atoms with E-state index in [1.165, 1.54) is 4.90 Å². The molecule has 1 N–H and O–H groups in total. The Bertz CT molecular complexity index is 1040. The molecule has 146 valence electrons. The number of amides is 3. The van der Waals surface area contributed by atoms with Crippen molar-refractivity contribution in [3.63, 3.8) is 0 Å². The number of para-hydroxylation sites is 1. The summed E-state index contributed by atoms with van der Waals surface area (Å²) >= 11 is 0. The molecule has 3 aliphatic heterocycles. The van der Waals surface area contributed by atoms with E-state index in [0.717, 1.165) is 0 Å². The summed E-state index contributed by atoms with van der Waals surface area (Å²) in [6, 6.07) is 13.9. The fraction of sp³-hybridized carbons (Fsp3) is 0.273. The molecule has 1 fully saturated rings. The minimum Gasteiger partial charge on any atom is -0.356 e. The van der Waals surface area contributed by atoms with Gasteiger partial charge in [0.25, 0.3) is 17.7 Å². The molecule has 5 rings (SSSR count). The molecule has 2 aromatic carbocycles. The lowest BCUT2D eigenvalue weighted by Gasteiger charge is -2.36. The van der Waals surface area contributed by atoms with Gasteiger partial charge < -0.3 is 10.1 Å². The zero-order valence-electron chi connectivity index (χ0n) is 15.5. The van der Waals surface area contributed by atoms with E-state index in [1.807, 2.05) is 6.07 Å². The smallest absolute Gasteiger partial charge is 0.261 e. The average Bonchev–Trinajstić information content (AvgIpc) is 3.12. The highest BCUT2D eigenvalue weighted by Crippen LogP contribution is 2.45. The van der Waals surface area contributed by atoms with Crippen LogP contribution in [-0.4, -0.2) is 41.1 Å². The van der Waals surface area contributed by atoms with Crippen molar-refractivity contribution in [1.82, 2.24) is 4.90 Å². The number of imide groups is 1. The van der Waals surface area contributed by atoms with Gasteiger partial charge in [0.2, 0.25) is 0 Å². The Morgan fingerprint density at radius 1 is 0.966 bits per heavy atom. The van der Waals surface area contributed by atoms with Crippen LogP contribution in [0.15, 0.2) is 48.5 Å². The Kier molecular flexibility index (Phi) is 3.89. The first-order valence-electron chi connectivity index (χ1n) is 9.55. The van der Waals surface area contributed by atoms with Crippen molar-refractivity contribution in [2.45, 2.75) is 31.0 Å². The number of rotatable bonds is 3. The first-order valence-corrected chi connectivity index (χ1v) is 9.55. The zero-order chi connectivity index (χ0) is 20.2. The third kappa shape index (κ3) is 2.61. The lowest BCUT2D eigenvalue weighted by molar-refractivity contribution is -0.170. The van der Waals surface area contributed by atoms with Crippen LogP contribution in [0.3, 0.4) is 0 Å². The molecule has 2 aromatic rings. The van der Waals surface area contributed by atoms with Crippen molar-refractivity contribution in [3.8, 4) is 0 Å². The maximum absolute atomic E-state index is 12.7.